The van der Waals surface area contributed by atoms with Crippen LogP contribution in [0.25, 0.3) is 0 Å². The van der Waals surface area contributed by atoms with E-state index >= 15 is 0 Å². The summed E-state index contributed by atoms with van der Waals surface area (Å²) in [5.74, 6) is -0.390. The van der Waals surface area contributed by atoms with E-state index in [1.165, 1.54) is 18.3 Å². The second-order valence-electron chi connectivity index (χ2n) is 5.14. The molecule has 0 unspecified atom stereocenters. The smallest absolute Gasteiger partial charge is 0.267 e. The number of carbonyl (C=O) groups excluding carboxylic acids is 1. The maximum absolute atomic E-state index is 12.2. The number of hydrogen-bond acceptors (Lipinski definition) is 4. The zero-order chi connectivity index (χ0) is 16.8. The summed E-state index contributed by atoms with van der Waals surface area (Å²) in [5.41, 5.74) is 3.09. The maximum atomic E-state index is 12.2. The van der Waals surface area contributed by atoms with Crippen molar-refractivity contribution < 1.29 is 9.90 Å². The molecule has 0 fully saturated rings. The van der Waals surface area contributed by atoms with Crippen LogP contribution in [0.5, 0.6) is 5.75 Å². The molecule has 1 amide bonds. The Hall–Kier alpha value is -3.26. The number of nitriles is 1. The molecule has 2 aromatic carbocycles. The maximum Gasteiger partial charge on any atom is 0.267 e. The third kappa shape index (κ3) is 4.35. The molecule has 2 rings (SSSR count). The van der Waals surface area contributed by atoms with Gasteiger partial charge in [-0.3, -0.25) is 4.79 Å². The van der Waals surface area contributed by atoms with Crippen molar-refractivity contribution in [2.45, 2.75) is 13.8 Å². The van der Waals surface area contributed by atoms with Crippen LogP contribution in [0.3, 0.4) is 0 Å². The van der Waals surface area contributed by atoms with Gasteiger partial charge in [0, 0.05) is 17.6 Å². The van der Waals surface area contributed by atoms with Crippen LogP contribution in [0.2, 0.25) is 0 Å². The van der Waals surface area contributed by atoms with Crippen molar-refractivity contribution in [3.8, 4) is 11.8 Å². The third-order valence-corrected chi connectivity index (χ3v) is 3.22. The number of nitrogens with zero attached hydrogens (tertiary/aromatic N) is 1. The van der Waals surface area contributed by atoms with Gasteiger partial charge in [-0.25, -0.2) is 0 Å². The van der Waals surface area contributed by atoms with E-state index in [-0.39, 0.29) is 11.3 Å². The number of aryl methyl sites for hydroxylation is 2. The summed E-state index contributed by atoms with van der Waals surface area (Å²) < 4.78 is 0. The predicted molar refractivity (Wildman–Crippen MR) is 90.0 cm³/mol. The number of anilines is 2. The minimum absolute atomic E-state index is 0.0426. The van der Waals surface area contributed by atoms with Crippen molar-refractivity contribution in [3.63, 3.8) is 0 Å². The Labute approximate surface area is 134 Å². The molecule has 0 heterocycles. The van der Waals surface area contributed by atoms with E-state index in [2.05, 4.69) is 10.6 Å². The van der Waals surface area contributed by atoms with Crippen molar-refractivity contribution in [2.75, 3.05) is 10.6 Å². The monoisotopic (exact) mass is 307 g/mol. The molecule has 0 aliphatic rings. The Morgan fingerprint density at radius 2 is 2.00 bits per heavy atom. The van der Waals surface area contributed by atoms with Crippen molar-refractivity contribution in [3.05, 3.63) is 65.4 Å². The summed E-state index contributed by atoms with van der Waals surface area (Å²) in [6, 6.07) is 14.1. The van der Waals surface area contributed by atoms with E-state index in [1.807, 2.05) is 37.3 Å². The highest BCUT2D eigenvalue weighted by Gasteiger charge is 2.11. The number of phenolic OH excluding ortho intramolecular Hbond substituents is 1. The molecule has 0 aliphatic carbocycles. The molecule has 5 heteroatoms. The summed E-state index contributed by atoms with van der Waals surface area (Å²) in [6.07, 6.45) is 1.37. The molecule has 0 spiro atoms. The first-order valence-corrected chi connectivity index (χ1v) is 7.04. The van der Waals surface area contributed by atoms with E-state index < -0.39 is 5.91 Å². The van der Waals surface area contributed by atoms with Crippen LogP contribution in [-0.4, -0.2) is 11.0 Å². The largest absolute Gasteiger partial charge is 0.508 e. The van der Waals surface area contributed by atoms with Gasteiger partial charge in [0.1, 0.15) is 17.4 Å². The van der Waals surface area contributed by atoms with Crippen LogP contribution in [0, 0.1) is 25.2 Å². The number of phenols is 1. The van der Waals surface area contributed by atoms with E-state index in [0.29, 0.717) is 11.3 Å². The Balaban J connectivity index is 2.12. The average Bonchev–Trinajstić information content (AvgIpc) is 2.51. The lowest BCUT2D eigenvalue weighted by Crippen LogP contribution is -2.15. The van der Waals surface area contributed by atoms with Gasteiger partial charge in [0.05, 0.1) is 0 Å². The fourth-order valence-electron chi connectivity index (χ4n) is 2.02. The number of benzene rings is 2. The highest BCUT2D eigenvalue weighted by atomic mass is 16.3. The normalized spacial score (nSPS) is 10.7. The fraction of sp³-hybridized carbons (Fsp3) is 0.111. The molecule has 5 nitrogen and oxygen atoms in total. The number of rotatable bonds is 4. The zero-order valence-corrected chi connectivity index (χ0v) is 12.9. The number of aromatic hydroxyl groups is 1. The minimum atomic E-state index is -0.513. The van der Waals surface area contributed by atoms with Crippen LogP contribution in [-0.2, 0) is 4.79 Å². The lowest BCUT2D eigenvalue weighted by molar-refractivity contribution is -0.112. The van der Waals surface area contributed by atoms with Crippen LogP contribution in [0.4, 0.5) is 11.4 Å². The second kappa shape index (κ2) is 7.14. The topological polar surface area (TPSA) is 85.2 Å². The van der Waals surface area contributed by atoms with Crippen molar-refractivity contribution in [1.82, 2.24) is 0 Å². The Bertz CT molecular complexity index is 804. The quantitative estimate of drug-likeness (QED) is 0.459. The molecule has 2 aromatic rings. The first kappa shape index (κ1) is 16.1. The molecule has 0 radical (unpaired) electrons. The van der Waals surface area contributed by atoms with Crippen molar-refractivity contribution in [2.24, 2.45) is 0 Å². The van der Waals surface area contributed by atoms with Gasteiger partial charge in [0.2, 0.25) is 0 Å². The lowest BCUT2D eigenvalue weighted by atomic mass is 10.1. The Morgan fingerprint density at radius 3 is 2.65 bits per heavy atom. The Morgan fingerprint density at radius 1 is 1.22 bits per heavy atom. The first-order chi connectivity index (χ1) is 11.0. The molecule has 116 valence electrons. The highest BCUT2D eigenvalue weighted by Crippen LogP contribution is 2.20. The van der Waals surface area contributed by atoms with Crippen LogP contribution in [0.1, 0.15) is 11.1 Å². The van der Waals surface area contributed by atoms with Gasteiger partial charge < -0.3 is 15.7 Å². The molecule has 0 aliphatic heterocycles. The molecular weight excluding hydrogens is 290 g/mol. The molecule has 23 heavy (non-hydrogen) atoms. The molecule has 0 atom stereocenters. The van der Waals surface area contributed by atoms with Gasteiger partial charge in [0.25, 0.3) is 5.91 Å². The van der Waals surface area contributed by atoms with Gasteiger partial charge in [0.15, 0.2) is 0 Å². The van der Waals surface area contributed by atoms with Crippen LogP contribution >= 0.6 is 0 Å². The van der Waals surface area contributed by atoms with E-state index in [9.17, 15) is 9.90 Å². The molecular formula is C18H17N3O2. The average molecular weight is 307 g/mol. The molecule has 0 aromatic heterocycles. The van der Waals surface area contributed by atoms with Gasteiger partial charge in [-0.05, 0) is 55.3 Å². The summed E-state index contributed by atoms with van der Waals surface area (Å²) in [6.45, 7) is 3.72. The van der Waals surface area contributed by atoms with E-state index in [0.717, 1.165) is 11.3 Å². The van der Waals surface area contributed by atoms with E-state index in [1.54, 1.807) is 13.0 Å². The standard InChI is InChI=1S/C18H17N3O2/c1-12-4-3-5-15(8-12)20-11-14(10-19)18(23)21-17-7-6-16(22)9-13(17)2/h3-9,11,20,22H,1-2H3,(H,21,23)/b14-11-. The second-order valence-corrected chi connectivity index (χ2v) is 5.14. The number of hydrogen-bond donors (Lipinski definition) is 3. The van der Waals surface area contributed by atoms with Gasteiger partial charge in [-0.1, -0.05) is 12.1 Å². The van der Waals surface area contributed by atoms with Crippen LogP contribution in [0.15, 0.2) is 54.2 Å². The van der Waals surface area contributed by atoms with Crippen molar-refractivity contribution in [1.29, 1.82) is 5.26 Å². The number of carbonyl (C=O) groups is 1. The summed E-state index contributed by atoms with van der Waals surface area (Å²) in [4.78, 5) is 12.2. The van der Waals surface area contributed by atoms with Crippen molar-refractivity contribution >= 4 is 17.3 Å². The number of amides is 1. The molecule has 0 bridgehead atoms. The summed E-state index contributed by atoms with van der Waals surface area (Å²) in [5, 5.41) is 24.1. The minimum Gasteiger partial charge on any atom is -0.508 e. The van der Waals surface area contributed by atoms with Crippen LogP contribution < -0.4 is 10.6 Å². The SMILES string of the molecule is Cc1cccc(N/C=C(/C#N)C(=O)Nc2ccc(O)cc2C)c1. The fourth-order valence-corrected chi connectivity index (χ4v) is 2.02. The van der Waals surface area contributed by atoms with Gasteiger partial charge in [-0.2, -0.15) is 5.26 Å². The lowest BCUT2D eigenvalue weighted by Gasteiger charge is -2.08. The molecule has 0 saturated carbocycles. The van der Waals surface area contributed by atoms with Gasteiger partial charge >= 0.3 is 0 Å². The predicted octanol–water partition coefficient (Wildman–Crippen LogP) is 3.47. The molecule has 0 saturated heterocycles. The summed E-state index contributed by atoms with van der Waals surface area (Å²) in [7, 11) is 0. The van der Waals surface area contributed by atoms with E-state index in [4.69, 9.17) is 5.26 Å². The van der Waals surface area contributed by atoms with Gasteiger partial charge in [-0.15, -0.1) is 0 Å². The third-order valence-electron chi connectivity index (χ3n) is 3.22. The highest BCUT2D eigenvalue weighted by molar-refractivity contribution is 6.07. The molecule has 3 N–H and O–H groups in total. The Kier molecular flexibility index (Phi) is 5.00. The summed E-state index contributed by atoms with van der Waals surface area (Å²) >= 11 is 0. The number of nitrogens with one attached hydrogen (secondary N) is 2. The first-order valence-electron chi connectivity index (χ1n) is 7.04. The zero-order valence-electron chi connectivity index (χ0n) is 12.9.